The fourth-order valence-corrected chi connectivity index (χ4v) is 3.26. The van der Waals surface area contributed by atoms with E-state index in [0.717, 1.165) is 24.8 Å². The molecule has 0 saturated heterocycles. The van der Waals surface area contributed by atoms with Gasteiger partial charge in [-0.25, -0.2) is 0 Å². The molecule has 0 aliphatic heterocycles. The molecule has 1 aromatic rings. The van der Waals surface area contributed by atoms with Crippen molar-refractivity contribution in [1.82, 2.24) is 0 Å². The van der Waals surface area contributed by atoms with Gasteiger partial charge in [0.15, 0.2) is 5.78 Å². The molecule has 3 nitrogen and oxygen atoms in total. The number of fused-ring (bicyclic) bond motifs is 3. The quantitative estimate of drug-likeness (QED) is 0.703. The first-order valence-corrected chi connectivity index (χ1v) is 5.76. The predicted molar refractivity (Wildman–Crippen MR) is 58.8 cm³/mol. The molecule has 0 spiro atoms. The Morgan fingerprint density at radius 2 is 2.00 bits per heavy atom. The summed E-state index contributed by atoms with van der Waals surface area (Å²) in [5.74, 6) is 0.782. The molecule has 84 valence electrons. The van der Waals surface area contributed by atoms with Crippen LogP contribution in [0.25, 0.3) is 0 Å². The van der Waals surface area contributed by atoms with Gasteiger partial charge in [-0.1, -0.05) is 6.42 Å². The van der Waals surface area contributed by atoms with Crippen LogP contribution in [0.5, 0.6) is 11.5 Å². The molecular formula is C13H14O3. The summed E-state index contributed by atoms with van der Waals surface area (Å²) in [5, 5.41) is 19.3. The molecule has 2 N–H and O–H groups in total. The van der Waals surface area contributed by atoms with Crippen molar-refractivity contribution in [2.45, 2.75) is 31.6 Å². The molecule has 1 fully saturated rings. The Balaban J connectivity index is 2.20. The van der Waals surface area contributed by atoms with E-state index < -0.39 is 0 Å². The molecule has 1 saturated carbocycles. The number of rotatable bonds is 0. The Labute approximate surface area is 93.7 Å². The van der Waals surface area contributed by atoms with Gasteiger partial charge in [0.1, 0.15) is 11.5 Å². The minimum atomic E-state index is -0.0645. The van der Waals surface area contributed by atoms with Crippen molar-refractivity contribution in [3.8, 4) is 11.5 Å². The molecule has 0 radical (unpaired) electrons. The zero-order valence-corrected chi connectivity index (χ0v) is 8.94. The summed E-state index contributed by atoms with van der Waals surface area (Å²) >= 11 is 0. The van der Waals surface area contributed by atoms with Crippen molar-refractivity contribution in [2.75, 3.05) is 0 Å². The van der Waals surface area contributed by atoms with Crippen LogP contribution >= 0.6 is 0 Å². The standard InChI is InChI=1S/C13H14O3/c14-8-5-10-9-3-1-2-7(9)4-11(15)13(10)12(16)6-8/h5-7,9,14,16H,1-4H2/t7-,9-/m0/s1. The predicted octanol–water partition coefficient (Wildman–Crippen LogP) is 2.57. The Hall–Kier alpha value is -1.51. The molecule has 0 heterocycles. The maximum atomic E-state index is 11.9. The lowest BCUT2D eigenvalue weighted by atomic mass is 9.76. The summed E-state index contributed by atoms with van der Waals surface area (Å²) in [7, 11) is 0. The highest BCUT2D eigenvalue weighted by Crippen LogP contribution is 2.49. The summed E-state index contributed by atoms with van der Waals surface area (Å²) in [5.41, 5.74) is 1.30. The van der Waals surface area contributed by atoms with E-state index >= 15 is 0 Å². The average molecular weight is 218 g/mol. The number of carbonyl (C=O) groups excluding carboxylic acids is 1. The van der Waals surface area contributed by atoms with E-state index in [-0.39, 0.29) is 17.3 Å². The molecule has 0 aromatic heterocycles. The summed E-state index contributed by atoms with van der Waals surface area (Å²) in [6.45, 7) is 0. The monoisotopic (exact) mass is 218 g/mol. The third-order valence-electron chi connectivity index (χ3n) is 3.92. The molecule has 16 heavy (non-hydrogen) atoms. The van der Waals surface area contributed by atoms with Crippen LogP contribution in [-0.4, -0.2) is 16.0 Å². The summed E-state index contributed by atoms with van der Waals surface area (Å²) in [6, 6.07) is 2.90. The highest BCUT2D eigenvalue weighted by molar-refractivity contribution is 6.01. The normalized spacial score (nSPS) is 27.6. The molecular weight excluding hydrogens is 204 g/mol. The Morgan fingerprint density at radius 3 is 2.81 bits per heavy atom. The number of phenols is 2. The van der Waals surface area contributed by atoms with Gasteiger partial charge in [-0.05, 0) is 36.3 Å². The van der Waals surface area contributed by atoms with Crippen LogP contribution in [0.4, 0.5) is 0 Å². The summed E-state index contributed by atoms with van der Waals surface area (Å²) in [4.78, 5) is 11.9. The number of Topliss-reactive ketones (excluding diaryl/α,β-unsaturated/α-hetero) is 1. The van der Waals surface area contributed by atoms with Gasteiger partial charge in [-0.2, -0.15) is 0 Å². The fraction of sp³-hybridized carbons (Fsp3) is 0.462. The van der Waals surface area contributed by atoms with Crippen molar-refractivity contribution in [1.29, 1.82) is 0 Å². The van der Waals surface area contributed by atoms with Gasteiger partial charge < -0.3 is 10.2 Å². The first kappa shape index (κ1) is 9.70. The molecule has 2 aliphatic rings. The Bertz CT molecular complexity index is 464. The van der Waals surface area contributed by atoms with Crippen molar-refractivity contribution >= 4 is 5.78 Å². The van der Waals surface area contributed by atoms with Gasteiger partial charge >= 0.3 is 0 Å². The molecule has 3 rings (SSSR count). The van der Waals surface area contributed by atoms with Crippen LogP contribution in [0.1, 0.15) is 47.5 Å². The topological polar surface area (TPSA) is 57.5 Å². The number of ketones is 1. The Morgan fingerprint density at radius 1 is 1.19 bits per heavy atom. The van der Waals surface area contributed by atoms with Crippen LogP contribution in [0.3, 0.4) is 0 Å². The summed E-state index contributed by atoms with van der Waals surface area (Å²) in [6.07, 6.45) is 3.84. The van der Waals surface area contributed by atoms with Crippen molar-refractivity contribution < 1.29 is 15.0 Å². The number of hydrogen-bond donors (Lipinski definition) is 2. The zero-order valence-electron chi connectivity index (χ0n) is 8.94. The van der Waals surface area contributed by atoms with E-state index in [2.05, 4.69) is 0 Å². The third kappa shape index (κ3) is 1.24. The SMILES string of the molecule is O=C1C[C@@H]2CCC[C@@H]2c2cc(O)cc(O)c21. The average Bonchev–Trinajstić information content (AvgIpc) is 2.64. The minimum Gasteiger partial charge on any atom is -0.508 e. The third-order valence-corrected chi connectivity index (χ3v) is 3.92. The van der Waals surface area contributed by atoms with Crippen molar-refractivity contribution in [3.63, 3.8) is 0 Å². The second-order valence-electron chi connectivity index (χ2n) is 4.85. The van der Waals surface area contributed by atoms with Gasteiger partial charge in [-0.15, -0.1) is 0 Å². The van der Waals surface area contributed by atoms with Crippen LogP contribution in [-0.2, 0) is 0 Å². The molecule has 1 aromatic carbocycles. The highest BCUT2D eigenvalue weighted by atomic mass is 16.3. The van der Waals surface area contributed by atoms with Crippen molar-refractivity contribution in [3.05, 3.63) is 23.3 Å². The minimum absolute atomic E-state index is 0.0238. The van der Waals surface area contributed by atoms with Crippen LogP contribution < -0.4 is 0 Å². The number of benzene rings is 1. The zero-order chi connectivity index (χ0) is 11.3. The number of hydrogen-bond acceptors (Lipinski definition) is 3. The summed E-state index contributed by atoms with van der Waals surface area (Å²) < 4.78 is 0. The number of phenolic OH excluding ortho intramolecular Hbond substituents is 2. The van der Waals surface area contributed by atoms with E-state index in [4.69, 9.17) is 0 Å². The van der Waals surface area contributed by atoms with E-state index in [1.54, 1.807) is 6.07 Å². The number of aromatic hydroxyl groups is 2. The Kier molecular flexibility index (Phi) is 1.96. The second-order valence-corrected chi connectivity index (χ2v) is 4.85. The highest BCUT2D eigenvalue weighted by Gasteiger charge is 2.38. The lowest BCUT2D eigenvalue weighted by Gasteiger charge is -2.27. The lowest BCUT2D eigenvalue weighted by molar-refractivity contribution is 0.0940. The van der Waals surface area contributed by atoms with Gasteiger partial charge in [-0.3, -0.25) is 4.79 Å². The van der Waals surface area contributed by atoms with Crippen LogP contribution in [0.2, 0.25) is 0 Å². The molecule has 3 heteroatoms. The molecule has 0 amide bonds. The van der Waals surface area contributed by atoms with E-state index in [1.807, 2.05) is 0 Å². The molecule has 2 aliphatic carbocycles. The van der Waals surface area contributed by atoms with Crippen molar-refractivity contribution in [2.24, 2.45) is 5.92 Å². The van der Waals surface area contributed by atoms with Gasteiger partial charge in [0.25, 0.3) is 0 Å². The molecule has 2 atom stereocenters. The van der Waals surface area contributed by atoms with E-state index in [9.17, 15) is 15.0 Å². The fourth-order valence-electron chi connectivity index (χ4n) is 3.26. The first-order chi connectivity index (χ1) is 7.66. The van der Waals surface area contributed by atoms with Crippen LogP contribution in [0, 0.1) is 5.92 Å². The van der Waals surface area contributed by atoms with Crippen LogP contribution in [0.15, 0.2) is 12.1 Å². The van der Waals surface area contributed by atoms with Gasteiger partial charge in [0.05, 0.1) is 5.56 Å². The smallest absolute Gasteiger partial charge is 0.167 e. The maximum absolute atomic E-state index is 11.9. The van der Waals surface area contributed by atoms with E-state index in [0.29, 0.717) is 23.8 Å². The number of carbonyl (C=O) groups is 1. The second kappa shape index (κ2) is 3.24. The van der Waals surface area contributed by atoms with Gasteiger partial charge in [0, 0.05) is 12.5 Å². The van der Waals surface area contributed by atoms with E-state index in [1.165, 1.54) is 6.07 Å². The van der Waals surface area contributed by atoms with Gasteiger partial charge in [0.2, 0.25) is 0 Å². The molecule has 0 unspecified atom stereocenters. The lowest BCUT2D eigenvalue weighted by Crippen LogP contribution is -2.21. The molecule has 0 bridgehead atoms. The maximum Gasteiger partial charge on any atom is 0.167 e. The largest absolute Gasteiger partial charge is 0.508 e. The first-order valence-electron chi connectivity index (χ1n) is 5.76.